The van der Waals surface area contributed by atoms with Crippen LogP contribution < -0.4 is 0 Å². The Balaban J connectivity index is 2.62. The summed E-state index contributed by atoms with van der Waals surface area (Å²) in [6.07, 6.45) is -3.21. The Morgan fingerprint density at radius 3 is 2.42 bits per heavy atom. The summed E-state index contributed by atoms with van der Waals surface area (Å²) in [4.78, 5) is 0. The topological polar surface area (TPSA) is 25.8 Å². The molecular formula is C13H10F4N2. The quantitative estimate of drug-likeness (QED) is 0.734. The second kappa shape index (κ2) is 4.60. The van der Waals surface area contributed by atoms with Gasteiger partial charge in [0.15, 0.2) is 0 Å². The highest BCUT2D eigenvalue weighted by molar-refractivity contribution is 5.64. The predicted molar refractivity (Wildman–Crippen MR) is 61.9 cm³/mol. The molecule has 0 aliphatic carbocycles. The van der Waals surface area contributed by atoms with Crippen molar-refractivity contribution in [2.45, 2.75) is 20.0 Å². The molecule has 2 nitrogen and oxygen atoms in total. The minimum atomic E-state index is -4.73. The maximum absolute atomic E-state index is 13.2. The van der Waals surface area contributed by atoms with Crippen LogP contribution in [-0.4, -0.2) is 10.2 Å². The Morgan fingerprint density at radius 1 is 1.11 bits per heavy atom. The van der Waals surface area contributed by atoms with Crippen LogP contribution in [0.4, 0.5) is 17.6 Å². The number of benzene rings is 1. The summed E-state index contributed by atoms with van der Waals surface area (Å²) in [5, 5.41) is 7.53. The molecule has 0 radical (unpaired) electrons. The number of alkyl halides is 3. The summed E-state index contributed by atoms with van der Waals surface area (Å²) in [6.45, 7) is 3.51. The highest BCUT2D eigenvalue weighted by Crippen LogP contribution is 2.34. The average Bonchev–Trinajstić information content (AvgIpc) is 2.32. The van der Waals surface area contributed by atoms with Crippen molar-refractivity contribution in [3.8, 4) is 11.3 Å². The monoisotopic (exact) mass is 270 g/mol. The minimum Gasteiger partial charge on any atom is -0.206 e. The molecule has 6 heteroatoms. The van der Waals surface area contributed by atoms with Crippen LogP contribution in [0.3, 0.4) is 0 Å². The summed E-state index contributed by atoms with van der Waals surface area (Å²) in [7, 11) is 0. The van der Waals surface area contributed by atoms with E-state index in [9.17, 15) is 17.6 Å². The van der Waals surface area contributed by atoms with Crippen LogP contribution in [0.15, 0.2) is 24.4 Å². The average molecular weight is 270 g/mol. The second-order valence-corrected chi connectivity index (χ2v) is 4.19. The van der Waals surface area contributed by atoms with E-state index in [1.165, 1.54) is 12.3 Å². The van der Waals surface area contributed by atoms with Crippen molar-refractivity contribution >= 4 is 0 Å². The Bertz CT molecular complexity index is 621. The van der Waals surface area contributed by atoms with Crippen LogP contribution in [0.25, 0.3) is 11.3 Å². The molecule has 0 unspecified atom stereocenters. The van der Waals surface area contributed by atoms with E-state index >= 15 is 0 Å². The molecule has 1 heterocycles. The van der Waals surface area contributed by atoms with Gasteiger partial charge in [-0.1, -0.05) is 0 Å². The van der Waals surface area contributed by atoms with Gasteiger partial charge in [-0.3, -0.25) is 0 Å². The number of nitrogens with zero attached hydrogens (tertiary/aromatic N) is 2. The molecule has 2 aromatic rings. The second-order valence-electron chi connectivity index (χ2n) is 4.19. The first-order valence-electron chi connectivity index (χ1n) is 5.46. The highest BCUT2D eigenvalue weighted by atomic mass is 19.4. The van der Waals surface area contributed by atoms with E-state index in [1.807, 2.05) is 0 Å². The van der Waals surface area contributed by atoms with Crippen LogP contribution in [0, 0.1) is 19.7 Å². The molecule has 1 aromatic carbocycles. The normalized spacial score (nSPS) is 11.7. The lowest BCUT2D eigenvalue weighted by atomic mass is 10.0. The van der Waals surface area contributed by atoms with Crippen molar-refractivity contribution < 1.29 is 17.6 Å². The first-order chi connectivity index (χ1) is 8.80. The fourth-order valence-corrected chi connectivity index (χ4v) is 1.70. The van der Waals surface area contributed by atoms with Crippen LogP contribution >= 0.6 is 0 Å². The maximum Gasteiger partial charge on any atom is 0.419 e. The van der Waals surface area contributed by atoms with Gasteiger partial charge < -0.3 is 0 Å². The highest BCUT2D eigenvalue weighted by Gasteiger charge is 2.34. The SMILES string of the molecule is Cc1cnnc(-c2ccc(F)c(C(F)(F)F)c2)c1C. The van der Waals surface area contributed by atoms with Crippen molar-refractivity contribution in [2.24, 2.45) is 0 Å². The number of hydrogen-bond acceptors (Lipinski definition) is 2. The molecular weight excluding hydrogens is 260 g/mol. The van der Waals surface area contributed by atoms with Gasteiger partial charge >= 0.3 is 6.18 Å². The van der Waals surface area contributed by atoms with Crippen LogP contribution in [-0.2, 0) is 6.18 Å². The van der Waals surface area contributed by atoms with E-state index < -0.39 is 17.6 Å². The molecule has 0 spiro atoms. The van der Waals surface area contributed by atoms with Crippen molar-refractivity contribution in [1.82, 2.24) is 10.2 Å². The first-order valence-corrected chi connectivity index (χ1v) is 5.46. The first kappa shape index (κ1) is 13.5. The van der Waals surface area contributed by atoms with E-state index in [2.05, 4.69) is 10.2 Å². The zero-order chi connectivity index (χ0) is 14.2. The van der Waals surface area contributed by atoms with Gasteiger partial charge in [-0.25, -0.2) is 4.39 Å². The standard InChI is InChI=1S/C13H10F4N2/c1-7-6-18-19-12(8(7)2)9-3-4-11(14)10(5-9)13(15,16)17/h3-6H,1-2H3. The molecule has 0 amide bonds. The molecule has 0 atom stereocenters. The van der Waals surface area contributed by atoms with Crippen molar-refractivity contribution in [1.29, 1.82) is 0 Å². The van der Waals surface area contributed by atoms with Gasteiger partial charge in [-0.2, -0.15) is 23.4 Å². The van der Waals surface area contributed by atoms with Crippen LogP contribution in [0.2, 0.25) is 0 Å². The van der Waals surface area contributed by atoms with E-state index in [1.54, 1.807) is 13.8 Å². The van der Waals surface area contributed by atoms with E-state index in [0.29, 0.717) is 5.69 Å². The van der Waals surface area contributed by atoms with Gasteiger partial charge in [-0.05, 0) is 43.2 Å². The lowest BCUT2D eigenvalue weighted by molar-refractivity contribution is -0.139. The molecule has 0 saturated carbocycles. The lowest BCUT2D eigenvalue weighted by Crippen LogP contribution is -2.08. The third-order valence-corrected chi connectivity index (χ3v) is 2.90. The van der Waals surface area contributed by atoms with Gasteiger partial charge in [0.05, 0.1) is 17.5 Å². The number of aromatic nitrogens is 2. The predicted octanol–water partition coefficient (Wildman–Crippen LogP) is 3.92. The van der Waals surface area contributed by atoms with Crippen molar-refractivity contribution in [3.63, 3.8) is 0 Å². The third-order valence-electron chi connectivity index (χ3n) is 2.90. The molecule has 0 aliphatic rings. The number of rotatable bonds is 1. The Labute approximate surface area is 107 Å². The van der Waals surface area contributed by atoms with E-state index in [4.69, 9.17) is 0 Å². The summed E-state index contributed by atoms with van der Waals surface area (Å²) in [5.74, 6) is -1.30. The minimum absolute atomic E-state index is 0.197. The van der Waals surface area contributed by atoms with Crippen LogP contribution in [0.1, 0.15) is 16.7 Å². The number of hydrogen-bond donors (Lipinski definition) is 0. The fraction of sp³-hybridized carbons (Fsp3) is 0.231. The third kappa shape index (κ3) is 2.57. The van der Waals surface area contributed by atoms with Gasteiger partial charge in [-0.15, -0.1) is 0 Å². The summed E-state index contributed by atoms with van der Waals surface area (Å²) in [5.41, 5.74) is 0.748. The molecule has 0 bridgehead atoms. The number of aryl methyl sites for hydroxylation is 1. The largest absolute Gasteiger partial charge is 0.419 e. The Hall–Kier alpha value is -1.98. The molecule has 19 heavy (non-hydrogen) atoms. The molecule has 1 aromatic heterocycles. The van der Waals surface area contributed by atoms with Gasteiger partial charge in [0.2, 0.25) is 0 Å². The molecule has 0 fully saturated rings. The summed E-state index contributed by atoms with van der Waals surface area (Å²) >= 11 is 0. The molecule has 0 aliphatic heterocycles. The van der Waals surface area contributed by atoms with E-state index in [0.717, 1.165) is 23.3 Å². The Morgan fingerprint density at radius 2 is 1.79 bits per heavy atom. The molecule has 0 saturated heterocycles. The van der Waals surface area contributed by atoms with Crippen molar-refractivity contribution in [2.75, 3.05) is 0 Å². The zero-order valence-corrected chi connectivity index (χ0v) is 10.2. The zero-order valence-electron chi connectivity index (χ0n) is 10.2. The smallest absolute Gasteiger partial charge is 0.206 e. The fourth-order valence-electron chi connectivity index (χ4n) is 1.70. The molecule has 2 rings (SSSR count). The van der Waals surface area contributed by atoms with E-state index in [-0.39, 0.29) is 5.56 Å². The van der Waals surface area contributed by atoms with Crippen LogP contribution in [0.5, 0.6) is 0 Å². The molecule has 100 valence electrons. The maximum atomic E-state index is 13.2. The van der Waals surface area contributed by atoms with Gasteiger partial charge in [0.25, 0.3) is 0 Å². The van der Waals surface area contributed by atoms with Crippen molar-refractivity contribution in [3.05, 3.63) is 46.9 Å². The Kier molecular flexibility index (Phi) is 3.26. The van der Waals surface area contributed by atoms with Gasteiger partial charge in [0.1, 0.15) is 5.82 Å². The number of halogens is 4. The lowest BCUT2D eigenvalue weighted by Gasteiger charge is -2.11. The summed E-state index contributed by atoms with van der Waals surface area (Å²) in [6, 6.07) is 2.81. The summed E-state index contributed by atoms with van der Waals surface area (Å²) < 4.78 is 51.1. The van der Waals surface area contributed by atoms with Gasteiger partial charge in [0, 0.05) is 5.56 Å². The molecule has 0 N–H and O–H groups in total.